The molecule has 2 rings (SSSR count). The Kier molecular flexibility index (Phi) is 5.41. The third-order valence-corrected chi connectivity index (χ3v) is 4.17. The molecule has 1 saturated carbocycles. The lowest BCUT2D eigenvalue weighted by Crippen LogP contribution is -2.33. The fourth-order valence-electron chi connectivity index (χ4n) is 2.70. The van der Waals surface area contributed by atoms with Gasteiger partial charge >= 0.3 is 0 Å². The summed E-state index contributed by atoms with van der Waals surface area (Å²) in [6.45, 7) is 9.23. The van der Waals surface area contributed by atoms with E-state index in [-0.39, 0.29) is 5.82 Å². The highest BCUT2D eigenvalue weighted by Gasteiger charge is 2.21. The standard InChI is InChI=1S/C17H27FN2/c1-4-20(12-14-6-5-7-14)17-9-8-16(18)10-15(17)11-19-13(2)3/h8-10,13-14,19H,4-7,11-12H2,1-3H3. The van der Waals surface area contributed by atoms with Crippen molar-refractivity contribution in [2.45, 2.75) is 52.6 Å². The maximum Gasteiger partial charge on any atom is 0.123 e. The smallest absolute Gasteiger partial charge is 0.123 e. The van der Waals surface area contributed by atoms with Crippen molar-refractivity contribution in [2.24, 2.45) is 5.92 Å². The Balaban J connectivity index is 2.13. The Morgan fingerprint density at radius 2 is 2.10 bits per heavy atom. The molecule has 112 valence electrons. The van der Waals surface area contributed by atoms with Crippen LogP contribution in [0, 0.1) is 11.7 Å². The monoisotopic (exact) mass is 278 g/mol. The third-order valence-electron chi connectivity index (χ3n) is 4.17. The van der Waals surface area contributed by atoms with E-state index in [1.807, 2.05) is 6.07 Å². The molecule has 1 aromatic rings. The van der Waals surface area contributed by atoms with Crippen molar-refractivity contribution >= 4 is 5.69 Å². The van der Waals surface area contributed by atoms with Crippen molar-refractivity contribution in [3.8, 4) is 0 Å². The molecule has 2 nitrogen and oxygen atoms in total. The van der Waals surface area contributed by atoms with Crippen molar-refractivity contribution in [3.63, 3.8) is 0 Å². The van der Waals surface area contributed by atoms with Crippen LogP contribution in [-0.4, -0.2) is 19.1 Å². The molecule has 1 aliphatic carbocycles. The Morgan fingerprint density at radius 3 is 2.65 bits per heavy atom. The predicted octanol–water partition coefficient (Wildman–Crippen LogP) is 3.95. The van der Waals surface area contributed by atoms with Gasteiger partial charge in [0.05, 0.1) is 0 Å². The molecule has 1 N–H and O–H groups in total. The summed E-state index contributed by atoms with van der Waals surface area (Å²) >= 11 is 0. The van der Waals surface area contributed by atoms with Crippen molar-refractivity contribution in [2.75, 3.05) is 18.0 Å². The Labute approximate surface area is 122 Å². The summed E-state index contributed by atoms with van der Waals surface area (Å²) in [6.07, 6.45) is 4.06. The first-order valence-electron chi connectivity index (χ1n) is 7.87. The van der Waals surface area contributed by atoms with Crippen LogP contribution in [0.5, 0.6) is 0 Å². The molecule has 0 amide bonds. The molecule has 1 aliphatic rings. The van der Waals surface area contributed by atoms with Gasteiger partial charge in [0.15, 0.2) is 0 Å². The molecular weight excluding hydrogens is 251 g/mol. The minimum absolute atomic E-state index is 0.144. The highest BCUT2D eigenvalue weighted by molar-refractivity contribution is 5.54. The van der Waals surface area contributed by atoms with Crippen molar-refractivity contribution in [3.05, 3.63) is 29.6 Å². The molecule has 0 saturated heterocycles. The minimum Gasteiger partial charge on any atom is -0.371 e. The van der Waals surface area contributed by atoms with E-state index in [0.717, 1.165) is 31.1 Å². The van der Waals surface area contributed by atoms with Gasteiger partial charge < -0.3 is 10.2 Å². The van der Waals surface area contributed by atoms with Gasteiger partial charge in [-0.05, 0) is 49.4 Å². The van der Waals surface area contributed by atoms with Gasteiger partial charge in [-0.2, -0.15) is 0 Å². The molecule has 0 unspecified atom stereocenters. The minimum atomic E-state index is -0.144. The summed E-state index contributed by atoms with van der Waals surface area (Å²) < 4.78 is 13.5. The average molecular weight is 278 g/mol. The first kappa shape index (κ1) is 15.3. The van der Waals surface area contributed by atoms with Gasteiger partial charge in [-0.3, -0.25) is 0 Å². The van der Waals surface area contributed by atoms with E-state index in [0.29, 0.717) is 6.04 Å². The molecule has 20 heavy (non-hydrogen) atoms. The fourth-order valence-corrected chi connectivity index (χ4v) is 2.70. The van der Waals surface area contributed by atoms with Gasteiger partial charge in [0.1, 0.15) is 5.82 Å². The summed E-state index contributed by atoms with van der Waals surface area (Å²) in [6, 6.07) is 5.61. The van der Waals surface area contributed by atoms with Crippen LogP contribution in [0.3, 0.4) is 0 Å². The first-order chi connectivity index (χ1) is 9.60. The predicted molar refractivity (Wildman–Crippen MR) is 83.6 cm³/mol. The average Bonchev–Trinajstić information content (AvgIpc) is 2.36. The summed E-state index contributed by atoms with van der Waals surface area (Å²) in [5.74, 6) is 0.680. The van der Waals surface area contributed by atoms with Crippen LogP contribution in [0.4, 0.5) is 10.1 Å². The highest BCUT2D eigenvalue weighted by atomic mass is 19.1. The molecule has 0 atom stereocenters. The largest absolute Gasteiger partial charge is 0.371 e. The number of hydrogen-bond acceptors (Lipinski definition) is 2. The lowest BCUT2D eigenvalue weighted by molar-refractivity contribution is 0.318. The van der Waals surface area contributed by atoms with Crippen LogP contribution < -0.4 is 10.2 Å². The molecular formula is C17H27FN2. The second-order valence-electron chi connectivity index (χ2n) is 6.14. The number of nitrogens with zero attached hydrogens (tertiary/aromatic N) is 1. The molecule has 3 heteroatoms. The van der Waals surface area contributed by atoms with Crippen molar-refractivity contribution < 1.29 is 4.39 Å². The Hall–Kier alpha value is -1.09. The number of halogens is 1. The van der Waals surface area contributed by atoms with Crippen LogP contribution in [0.1, 0.15) is 45.6 Å². The van der Waals surface area contributed by atoms with E-state index < -0.39 is 0 Å². The van der Waals surface area contributed by atoms with Gasteiger partial charge in [-0.15, -0.1) is 0 Å². The van der Waals surface area contributed by atoms with E-state index in [4.69, 9.17) is 0 Å². The van der Waals surface area contributed by atoms with Crippen molar-refractivity contribution in [1.82, 2.24) is 5.32 Å². The lowest BCUT2D eigenvalue weighted by atomic mass is 9.85. The van der Waals surface area contributed by atoms with Gasteiger partial charge in [-0.1, -0.05) is 20.3 Å². The summed E-state index contributed by atoms with van der Waals surface area (Å²) in [5, 5.41) is 3.40. The SMILES string of the molecule is CCN(CC1CCC1)c1ccc(F)cc1CNC(C)C. The maximum atomic E-state index is 13.5. The third kappa shape index (κ3) is 3.95. The van der Waals surface area contributed by atoms with E-state index in [1.54, 1.807) is 12.1 Å². The molecule has 0 spiro atoms. The quantitative estimate of drug-likeness (QED) is 0.812. The van der Waals surface area contributed by atoms with Gasteiger partial charge in [0, 0.05) is 31.4 Å². The molecule has 0 bridgehead atoms. The molecule has 1 aromatic carbocycles. The second kappa shape index (κ2) is 7.07. The van der Waals surface area contributed by atoms with E-state index in [2.05, 4.69) is 31.0 Å². The summed E-state index contributed by atoms with van der Waals surface area (Å²) in [4.78, 5) is 2.40. The number of hydrogen-bond donors (Lipinski definition) is 1. The van der Waals surface area contributed by atoms with Gasteiger partial charge in [0.25, 0.3) is 0 Å². The van der Waals surface area contributed by atoms with Crippen LogP contribution in [0.2, 0.25) is 0 Å². The fraction of sp³-hybridized carbons (Fsp3) is 0.647. The molecule has 0 aromatic heterocycles. The van der Waals surface area contributed by atoms with Crippen LogP contribution in [0.15, 0.2) is 18.2 Å². The van der Waals surface area contributed by atoms with E-state index in [9.17, 15) is 4.39 Å². The topological polar surface area (TPSA) is 15.3 Å². The van der Waals surface area contributed by atoms with Crippen LogP contribution in [-0.2, 0) is 6.54 Å². The number of rotatable bonds is 7. The zero-order chi connectivity index (χ0) is 14.5. The Morgan fingerprint density at radius 1 is 1.35 bits per heavy atom. The number of anilines is 1. The second-order valence-corrected chi connectivity index (χ2v) is 6.14. The summed E-state index contributed by atoms with van der Waals surface area (Å²) in [5.41, 5.74) is 2.26. The normalized spacial score (nSPS) is 15.4. The zero-order valence-corrected chi connectivity index (χ0v) is 13.0. The maximum absolute atomic E-state index is 13.5. The first-order valence-corrected chi connectivity index (χ1v) is 7.87. The number of nitrogens with one attached hydrogen (secondary N) is 1. The highest BCUT2D eigenvalue weighted by Crippen LogP contribution is 2.30. The lowest BCUT2D eigenvalue weighted by Gasteiger charge is -2.34. The van der Waals surface area contributed by atoms with Crippen LogP contribution in [0.25, 0.3) is 0 Å². The summed E-state index contributed by atoms with van der Waals surface area (Å²) in [7, 11) is 0. The van der Waals surface area contributed by atoms with Crippen LogP contribution >= 0.6 is 0 Å². The Bertz CT molecular complexity index is 427. The van der Waals surface area contributed by atoms with Gasteiger partial charge in [0.2, 0.25) is 0 Å². The van der Waals surface area contributed by atoms with E-state index >= 15 is 0 Å². The molecule has 0 heterocycles. The van der Waals surface area contributed by atoms with Gasteiger partial charge in [-0.25, -0.2) is 4.39 Å². The zero-order valence-electron chi connectivity index (χ0n) is 13.0. The molecule has 0 radical (unpaired) electrons. The van der Waals surface area contributed by atoms with Crippen molar-refractivity contribution in [1.29, 1.82) is 0 Å². The van der Waals surface area contributed by atoms with E-state index in [1.165, 1.54) is 24.9 Å². The number of benzene rings is 1. The molecule has 0 aliphatic heterocycles. The molecule has 1 fully saturated rings.